The molecule has 1 N–H and O–H groups in total. The summed E-state index contributed by atoms with van der Waals surface area (Å²) in [5.41, 5.74) is 0.527. The number of nitriles is 1. The zero-order valence-corrected chi connectivity index (χ0v) is 10.5. The molecule has 1 saturated heterocycles. The van der Waals surface area contributed by atoms with Gasteiger partial charge in [-0.1, -0.05) is 0 Å². The zero-order chi connectivity index (χ0) is 12.8. The maximum atomic E-state index is 8.97. The van der Waals surface area contributed by atoms with Gasteiger partial charge < -0.3 is 10.1 Å². The Labute approximate surface area is 107 Å². The second kappa shape index (κ2) is 6.28. The van der Waals surface area contributed by atoms with Gasteiger partial charge in [-0.3, -0.25) is 4.90 Å². The topological polar surface area (TPSA) is 74.1 Å². The number of anilines is 1. The highest BCUT2D eigenvalue weighted by Gasteiger charge is 2.14. The number of hydrogen-bond acceptors (Lipinski definition) is 6. The Morgan fingerprint density at radius 1 is 1.56 bits per heavy atom. The summed E-state index contributed by atoms with van der Waals surface area (Å²) >= 11 is 0. The van der Waals surface area contributed by atoms with Gasteiger partial charge in [-0.25, -0.2) is 0 Å². The molecular formula is C12H17N5O. The second-order valence-electron chi connectivity index (χ2n) is 4.36. The van der Waals surface area contributed by atoms with E-state index in [2.05, 4.69) is 33.4 Å². The number of aromatic nitrogens is 2. The maximum Gasteiger partial charge on any atom is 0.166 e. The van der Waals surface area contributed by atoms with Gasteiger partial charge in [-0.15, -0.1) is 5.10 Å². The van der Waals surface area contributed by atoms with Crippen LogP contribution < -0.4 is 5.32 Å². The summed E-state index contributed by atoms with van der Waals surface area (Å²) in [5, 5.41) is 19.9. The Balaban J connectivity index is 1.90. The van der Waals surface area contributed by atoms with Crippen molar-refractivity contribution in [2.45, 2.75) is 13.0 Å². The van der Waals surface area contributed by atoms with E-state index in [0.29, 0.717) is 11.4 Å². The first-order valence-corrected chi connectivity index (χ1v) is 6.08. The fraction of sp³-hybridized carbons (Fsp3) is 0.583. The first kappa shape index (κ1) is 12.7. The van der Waals surface area contributed by atoms with Gasteiger partial charge >= 0.3 is 0 Å². The quantitative estimate of drug-likeness (QED) is 0.834. The molecule has 96 valence electrons. The van der Waals surface area contributed by atoms with Crippen molar-refractivity contribution in [3.05, 3.63) is 17.8 Å². The van der Waals surface area contributed by atoms with Crippen LogP contribution in [0, 0.1) is 11.3 Å². The Kier molecular flexibility index (Phi) is 4.45. The van der Waals surface area contributed by atoms with E-state index in [1.807, 2.05) is 0 Å². The zero-order valence-electron chi connectivity index (χ0n) is 10.5. The number of morpholine rings is 1. The summed E-state index contributed by atoms with van der Waals surface area (Å²) in [5.74, 6) is 0.556. The van der Waals surface area contributed by atoms with E-state index in [0.717, 1.165) is 32.8 Å². The van der Waals surface area contributed by atoms with Gasteiger partial charge in [0.05, 0.1) is 25.0 Å². The summed E-state index contributed by atoms with van der Waals surface area (Å²) < 4.78 is 5.31. The van der Waals surface area contributed by atoms with Gasteiger partial charge in [0.25, 0.3) is 0 Å². The van der Waals surface area contributed by atoms with E-state index in [1.54, 1.807) is 6.07 Å². The van der Waals surface area contributed by atoms with Crippen LogP contribution in [0.2, 0.25) is 0 Å². The molecule has 1 aromatic heterocycles. The van der Waals surface area contributed by atoms with E-state index >= 15 is 0 Å². The van der Waals surface area contributed by atoms with Crippen LogP contribution in [0.25, 0.3) is 0 Å². The summed E-state index contributed by atoms with van der Waals surface area (Å²) in [6, 6.07) is 3.98. The molecular weight excluding hydrogens is 230 g/mol. The average Bonchev–Trinajstić information content (AvgIpc) is 2.40. The molecule has 0 saturated carbocycles. The second-order valence-corrected chi connectivity index (χ2v) is 4.36. The maximum absolute atomic E-state index is 8.97. The number of ether oxygens (including phenoxy) is 1. The fourth-order valence-electron chi connectivity index (χ4n) is 1.98. The first-order valence-electron chi connectivity index (χ1n) is 6.08. The van der Waals surface area contributed by atoms with Crippen molar-refractivity contribution in [3.8, 4) is 6.07 Å². The lowest BCUT2D eigenvalue weighted by molar-refractivity contribution is 0.0368. The normalized spacial score (nSPS) is 18.0. The van der Waals surface area contributed by atoms with Crippen molar-refractivity contribution < 1.29 is 4.74 Å². The molecule has 1 aromatic rings. The molecule has 0 aromatic carbocycles. The lowest BCUT2D eigenvalue weighted by atomic mass is 10.2. The number of nitrogens with zero attached hydrogens (tertiary/aromatic N) is 4. The predicted octanol–water partition coefficient (Wildman–Crippen LogP) is 0.481. The Hall–Kier alpha value is -1.71. The molecule has 1 unspecified atom stereocenters. The van der Waals surface area contributed by atoms with Gasteiger partial charge in [-0.05, 0) is 13.0 Å². The highest BCUT2D eigenvalue weighted by atomic mass is 16.5. The van der Waals surface area contributed by atoms with Crippen molar-refractivity contribution in [1.82, 2.24) is 15.1 Å². The SMILES string of the molecule is CC(CN1CCOCC1)Nc1nnccc1C#N. The highest BCUT2D eigenvalue weighted by Crippen LogP contribution is 2.10. The van der Waals surface area contributed by atoms with Crippen molar-refractivity contribution in [2.24, 2.45) is 0 Å². The smallest absolute Gasteiger partial charge is 0.166 e. The summed E-state index contributed by atoms with van der Waals surface area (Å²) in [6.07, 6.45) is 1.52. The van der Waals surface area contributed by atoms with E-state index in [9.17, 15) is 0 Å². The largest absolute Gasteiger partial charge is 0.379 e. The minimum atomic E-state index is 0.215. The molecule has 2 heterocycles. The van der Waals surface area contributed by atoms with E-state index in [4.69, 9.17) is 10.00 Å². The molecule has 0 amide bonds. The highest BCUT2D eigenvalue weighted by molar-refractivity contribution is 5.50. The van der Waals surface area contributed by atoms with E-state index in [-0.39, 0.29) is 6.04 Å². The Bertz CT molecular complexity index is 425. The molecule has 6 nitrogen and oxygen atoms in total. The third-order valence-corrected chi connectivity index (χ3v) is 2.86. The number of nitrogens with one attached hydrogen (secondary N) is 1. The summed E-state index contributed by atoms with van der Waals surface area (Å²) in [4.78, 5) is 2.34. The molecule has 1 aliphatic rings. The van der Waals surface area contributed by atoms with Gasteiger partial charge in [0, 0.05) is 25.7 Å². The van der Waals surface area contributed by atoms with Crippen LogP contribution in [0.3, 0.4) is 0 Å². The first-order chi connectivity index (χ1) is 8.79. The van der Waals surface area contributed by atoms with Crippen molar-refractivity contribution in [2.75, 3.05) is 38.2 Å². The lowest BCUT2D eigenvalue weighted by Gasteiger charge is -2.29. The molecule has 1 aliphatic heterocycles. The van der Waals surface area contributed by atoms with Crippen LogP contribution in [0.15, 0.2) is 12.3 Å². The minimum Gasteiger partial charge on any atom is -0.379 e. The lowest BCUT2D eigenvalue weighted by Crippen LogP contribution is -2.42. The summed E-state index contributed by atoms with van der Waals surface area (Å²) in [6.45, 7) is 6.48. The average molecular weight is 247 g/mol. The molecule has 2 rings (SSSR count). The summed E-state index contributed by atoms with van der Waals surface area (Å²) in [7, 11) is 0. The van der Waals surface area contributed by atoms with Gasteiger partial charge in [0.1, 0.15) is 6.07 Å². The van der Waals surface area contributed by atoms with Crippen molar-refractivity contribution in [1.29, 1.82) is 5.26 Å². The van der Waals surface area contributed by atoms with Crippen molar-refractivity contribution in [3.63, 3.8) is 0 Å². The predicted molar refractivity (Wildman–Crippen MR) is 67.1 cm³/mol. The Morgan fingerprint density at radius 3 is 3.06 bits per heavy atom. The van der Waals surface area contributed by atoms with Crippen LogP contribution in [0.1, 0.15) is 12.5 Å². The number of hydrogen-bond donors (Lipinski definition) is 1. The molecule has 6 heteroatoms. The third kappa shape index (κ3) is 3.39. The van der Waals surface area contributed by atoms with Gasteiger partial charge in [-0.2, -0.15) is 10.4 Å². The monoisotopic (exact) mass is 247 g/mol. The molecule has 0 spiro atoms. The standard InChI is InChI=1S/C12H17N5O/c1-10(9-17-4-6-18-7-5-17)15-12-11(8-13)2-3-14-16-12/h2-3,10H,4-7,9H2,1H3,(H,15,16). The minimum absolute atomic E-state index is 0.215. The van der Waals surface area contributed by atoms with E-state index < -0.39 is 0 Å². The van der Waals surface area contributed by atoms with Crippen LogP contribution in [0.4, 0.5) is 5.82 Å². The molecule has 0 bridgehead atoms. The van der Waals surface area contributed by atoms with Crippen LogP contribution in [-0.2, 0) is 4.74 Å². The van der Waals surface area contributed by atoms with Crippen molar-refractivity contribution >= 4 is 5.82 Å². The molecule has 1 fully saturated rings. The van der Waals surface area contributed by atoms with Crippen LogP contribution in [-0.4, -0.2) is 54.0 Å². The molecule has 1 atom stereocenters. The molecule has 18 heavy (non-hydrogen) atoms. The van der Waals surface area contributed by atoms with Crippen LogP contribution in [0.5, 0.6) is 0 Å². The Morgan fingerprint density at radius 2 is 2.33 bits per heavy atom. The van der Waals surface area contributed by atoms with E-state index in [1.165, 1.54) is 6.20 Å². The van der Waals surface area contributed by atoms with Gasteiger partial charge in [0.15, 0.2) is 5.82 Å². The van der Waals surface area contributed by atoms with Crippen LogP contribution >= 0.6 is 0 Å². The number of rotatable bonds is 4. The third-order valence-electron chi connectivity index (χ3n) is 2.86. The molecule has 0 aliphatic carbocycles. The molecule has 0 radical (unpaired) electrons. The fourth-order valence-corrected chi connectivity index (χ4v) is 1.98. The van der Waals surface area contributed by atoms with Gasteiger partial charge in [0.2, 0.25) is 0 Å².